The van der Waals surface area contributed by atoms with Crippen LogP contribution in [-0.4, -0.2) is 44.8 Å². The number of nitrogens with zero attached hydrogens (tertiary/aromatic N) is 2. The van der Waals surface area contributed by atoms with Gasteiger partial charge in [-0.1, -0.05) is 0 Å². The van der Waals surface area contributed by atoms with E-state index in [9.17, 15) is 9.90 Å². The van der Waals surface area contributed by atoms with Crippen LogP contribution in [0.1, 0.15) is 50.8 Å². The summed E-state index contributed by atoms with van der Waals surface area (Å²) < 4.78 is 0. The monoisotopic (exact) mass is 265 g/mol. The minimum Gasteiger partial charge on any atom is -0.389 e. The molecule has 0 fully saturated rings. The van der Waals surface area contributed by atoms with Crippen LogP contribution in [0.5, 0.6) is 0 Å². The number of likely N-dealkylation sites (N-methyl/N-ethyl adjacent to an activating group) is 1. The second kappa shape index (κ2) is 5.33. The lowest BCUT2D eigenvalue weighted by molar-refractivity contribution is -0.135. The smallest absolute Gasteiger partial charge is 0.230 e. The fourth-order valence-corrected chi connectivity index (χ4v) is 2.75. The Hall–Kier alpha value is -1.36. The molecule has 1 heterocycles. The number of carbonyl (C=O) groups is 1. The Labute approximate surface area is 114 Å². The van der Waals surface area contributed by atoms with Gasteiger partial charge in [-0.25, -0.2) is 0 Å². The highest BCUT2D eigenvalue weighted by molar-refractivity contribution is 5.84. The van der Waals surface area contributed by atoms with Gasteiger partial charge in [-0.05, 0) is 40.0 Å². The maximum Gasteiger partial charge on any atom is 0.230 e. The molecule has 0 radical (unpaired) electrons. The van der Waals surface area contributed by atoms with Gasteiger partial charge in [0.15, 0.2) is 0 Å². The Morgan fingerprint density at radius 2 is 2.37 bits per heavy atom. The molecule has 1 aromatic heterocycles. The van der Waals surface area contributed by atoms with Crippen LogP contribution in [0.4, 0.5) is 0 Å². The summed E-state index contributed by atoms with van der Waals surface area (Å²) in [6.45, 7) is 6.39. The minimum atomic E-state index is -0.862. The quantitative estimate of drug-likeness (QED) is 0.865. The highest BCUT2D eigenvalue weighted by Crippen LogP contribution is 2.32. The number of rotatable bonds is 4. The van der Waals surface area contributed by atoms with E-state index in [-0.39, 0.29) is 11.8 Å². The number of H-pyrrole nitrogens is 1. The Kier molecular flexibility index (Phi) is 3.94. The SMILES string of the molecule is CCN(CC(C)(C)O)C(=O)C1CCCc2[nH]ncc21. The third kappa shape index (κ3) is 3.15. The van der Waals surface area contributed by atoms with Crippen molar-refractivity contribution in [1.82, 2.24) is 15.1 Å². The summed E-state index contributed by atoms with van der Waals surface area (Å²) in [6.07, 6.45) is 4.62. The molecule has 1 aliphatic rings. The van der Waals surface area contributed by atoms with Gasteiger partial charge in [0, 0.05) is 24.3 Å². The summed E-state index contributed by atoms with van der Waals surface area (Å²) in [4.78, 5) is 14.4. The molecular formula is C14H23N3O2. The van der Waals surface area contributed by atoms with E-state index in [0.29, 0.717) is 13.1 Å². The molecule has 1 atom stereocenters. The van der Waals surface area contributed by atoms with Gasteiger partial charge in [0.05, 0.1) is 17.7 Å². The van der Waals surface area contributed by atoms with E-state index in [1.54, 1.807) is 24.9 Å². The predicted octanol–water partition coefficient (Wildman–Crippen LogP) is 1.45. The lowest BCUT2D eigenvalue weighted by Gasteiger charge is -2.32. The zero-order valence-electron chi connectivity index (χ0n) is 11.9. The topological polar surface area (TPSA) is 69.2 Å². The third-order valence-corrected chi connectivity index (χ3v) is 3.62. The molecule has 1 amide bonds. The van der Waals surface area contributed by atoms with E-state index in [4.69, 9.17) is 0 Å². The van der Waals surface area contributed by atoms with E-state index in [0.717, 1.165) is 30.5 Å². The average Bonchev–Trinajstić information content (AvgIpc) is 2.81. The van der Waals surface area contributed by atoms with Gasteiger partial charge in [0.2, 0.25) is 5.91 Å². The Morgan fingerprint density at radius 1 is 1.63 bits per heavy atom. The van der Waals surface area contributed by atoms with Gasteiger partial charge in [0.25, 0.3) is 0 Å². The molecule has 0 saturated heterocycles. The number of nitrogens with one attached hydrogen (secondary N) is 1. The van der Waals surface area contributed by atoms with Crippen molar-refractivity contribution < 1.29 is 9.90 Å². The molecule has 2 rings (SSSR count). The molecule has 0 spiro atoms. The Balaban J connectivity index is 2.16. The highest BCUT2D eigenvalue weighted by atomic mass is 16.3. The first-order valence-electron chi connectivity index (χ1n) is 6.95. The highest BCUT2D eigenvalue weighted by Gasteiger charge is 2.32. The van der Waals surface area contributed by atoms with Crippen LogP contribution < -0.4 is 0 Å². The Bertz CT molecular complexity index is 448. The first-order valence-corrected chi connectivity index (χ1v) is 6.95. The van der Waals surface area contributed by atoms with Crippen molar-refractivity contribution in [2.75, 3.05) is 13.1 Å². The van der Waals surface area contributed by atoms with Crippen molar-refractivity contribution in [2.24, 2.45) is 0 Å². The zero-order chi connectivity index (χ0) is 14.0. The molecular weight excluding hydrogens is 242 g/mol. The number of aryl methyl sites for hydroxylation is 1. The van der Waals surface area contributed by atoms with Gasteiger partial charge >= 0.3 is 0 Å². The third-order valence-electron chi connectivity index (χ3n) is 3.62. The number of amides is 1. The van der Waals surface area contributed by atoms with Crippen LogP contribution in [-0.2, 0) is 11.2 Å². The van der Waals surface area contributed by atoms with E-state index in [2.05, 4.69) is 10.2 Å². The second-order valence-electron chi connectivity index (χ2n) is 5.91. The fourth-order valence-electron chi connectivity index (χ4n) is 2.75. The maximum atomic E-state index is 12.6. The van der Waals surface area contributed by atoms with Crippen LogP contribution in [0.25, 0.3) is 0 Å². The van der Waals surface area contributed by atoms with Crippen LogP contribution >= 0.6 is 0 Å². The minimum absolute atomic E-state index is 0.104. The maximum absolute atomic E-state index is 12.6. The molecule has 0 bridgehead atoms. The molecule has 0 saturated carbocycles. The second-order valence-corrected chi connectivity index (χ2v) is 5.91. The normalized spacial score (nSPS) is 19.1. The van der Waals surface area contributed by atoms with E-state index < -0.39 is 5.60 Å². The summed E-state index contributed by atoms with van der Waals surface area (Å²) in [6, 6.07) is 0. The molecule has 5 heteroatoms. The molecule has 0 aromatic carbocycles. The predicted molar refractivity (Wildman–Crippen MR) is 72.8 cm³/mol. The van der Waals surface area contributed by atoms with Crippen LogP contribution in [0.2, 0.25) is 0 Å². The summed E-state index contributed by atoms with van der Waals surface area (Å²) >= 11 is 0. The van der Waals surface area contributed by atoms with Gasteiger partial charge in [-0.15, -0.1) is 0 Å². The number of aromatic amines is 1. The van der Waals surface area contributed by atoms with Gasteiger partial charge in [-0.3, -0.25) is 9.89 Å². The first-order chi connectivity index (χ1) is 8.92. The zero-order valence-corrected chi connectivity index (χ0v) is 11.9. The van der Waals surface area contributed by atoms with Crippen molar-refractivity contribution in [3.8, 4) is 0 Å². The van der Waals surface area contributed by atoms with Crippen molar-refractivity contribution in [3.05, 3.63) is 17.5 Å². The summed E-state index contributed by atoms with van der Waals surface area (Å²) in [7, 11) is 0. The van der Waals surface area contributed by atoms with E-state index in [1.165, 1.54) is 0 Å². The van der Waals surface area contributed by atoms with Gasteiger partial charge in [0.1, 0.15) is 0 Å². The average molecular weight is 265 g/mol. The molecule has 1 aliphatic carbocycles. The molecule has 2 N–H and O–H groups in total. The fraction of sp³-hybridized carbons (Fsp3) is 0.714. The summed E-state index contributed by atoms with van der Waals surface area (Å²) in [5, 5.41) is 16.9. The molecule has 0 aliphatic heterocycles. The summed E-state index contributed by atoms with van der Waals surface area (Å²) in [5.74, 6) is -0.00299. The molecule has 106 valence electrons. The van der Waals surface area contributed by atoms with E-state index >= 15 is 0 Å². The number of aliphatic hydroxyl groups is 1. The van der Waals surface area contributed by atoms with Crippen LogP contribution in [0.3, 0.4) is 0 Å². The van der Waals surface area contributed by atoms with Gasteiger partial charge in [-0.2, -0.15) is 5.10 Å². The van der Waals surface area contributed by atoms with Crippen LogP contribution in [0.15, 0.2) is 6.20 Å². The largest absolute Gasteiger partial charge is 0.389 e. The molecule has 5 nitrogen and oxygen atoms in total. The summed E-state index contributed by atoms with van der Waals surface area (Å²) in [5.41, 5.74) is 1.26. The molecule has 19 heavy (non-hydrogen) atoms. The first kappa shape index (κ1) is 14.1. The van der Waals surface area contributed by atoms with Gasteiger partial charge < -0.3 is 10.0 Å². The number of carbonyl (C=O) groups excluding carboxylic acids is 1. The number of fused-ring (bicyclic) bond motifs is 1. The van der Waals surface area contributed by atoms with Crippen molar-refractivity contribution in [3.63, 3.8) is 0 Å². The van der Waals surface area contributed by atoms with Crippen molar-refractivity contribution >= 4 is 5.91 Å². The van der Waals surface area contributed by atoms with E-state index in [1.807, 2.05) is 6.92 Å². The van der Waals surface area contributed by atoms with Crippen molar-refractivity contribution in [2.45, 2.75) is 51.6 Å². The van der Waals surface area contributed by atoms with Crippen LogP contribution in [0, 0.1) is 0 Å². The Morgan fingerprint density at radius 3 is 3.00 bits per heavy atom. The molecule has 1 unspecified atom stereocenters. The van der Waals surface area contributed by atoms with Crippen molar-refractivity contribution in [1.29, 1.82) is 0 Å². The lowest BCUT2D eigenvalue weighted by atomic mass is 9.86. The number of aromatic nitrogens is 2. The lowest BCUT2D eigenvalue weighted by Crippen LogP contribution is -2.44. The molecule has 1 aromatic rings. The number of hydrogen-bond donors (Lipinski definition) is 2. The standard InChI is InChI=1S/C14H23N3O2/c1-4-17(9-14(2,3)19)13(18)10-6-5-7-12-11(10)8-15-16-12/h8,10,19H,4-7,9H2,1-3H3,(H,15,16). The number of hydrogen-bond acceptors (Lipinski definition) is 3.